The van der Waals surface area contributed by atoms with Crippen molar-refractivity contribution in [2.45, 2.75) is 19.4 Å². The smallest absolute Gasteiger partial charge is 0.226 e. The molecule has 1 aromatic carbocycles. The van der Waals surface area contributed by atoms with E-state index in [1.807, 2.05) is 18.2 Å². The van der Waals surface area contributed by atoms with Crippen LogP contribution < -0.4 is 5.32 Å². The van der Waals surface area contributed by atoms with Gasteiger partial charge in [0.1, 0.15) is 0 Å². The average Bonchev–Trinajstić information content (AvgIpc) is 2.82. The minimum Gasteiger partial charge on any atom is -0.384 e. The van der Waals surface area contributed by atoms with Gasteiger partial charge in [0.05, 0.1) is 12.5 Å². The maximum Gasteiger partial charge on any atom is 0.226 e. The van der Waals surface area contributed by atoms with Gasteiger partial charge in [-0.3, -0.25) is 9.69 Å². The Morgan fingerprint density at radius 1 is 1.36 bits per heavy atom. The molecular weight excluding hydrogens is 300 g/mol. The number of hydrogen-bond donors (Lipinski definition) is 1. The minimum atomic E-state index is -0.0000340. The van der Waals surface area contributed by atoms with E-state index in [9.17, 15) is 4.79 Å². The summed E-state index contributed by atoms with van der Waals surface area (Å²) in [6, 6.07) is 8.01. The quantitative estimate of drug-likeness (QED) is 0.925. The molecule has 2 aliphatic rings. The van der Waals surface area contributed by atoms with Crippen molar-refractivity contribution in [3.63, 3.8) is 0 Å². The SMILES string of the molecule is COCC1C(=O)NCC12CCN(Cc1ccccc1Cl)CC2. The van der Waals surface area contributed by atoms with Crippen LogP contribution >= 0.6 is 11.6 Å². The van der Waals surface area contributed by atoms with Crippen LogP contribution in [0.1, 0.15) is 18.4 Å². The Hall–Kier alpha value is -1.10. The first-order valence-electron chi connectivity index (χ1n) is 7.87. The highest BCUT2D eigenvalue weighted by Crippen LogP contribution is 2.42. The van der Waals surface area contributed by atoms with Gasteiger partial charge in [-0.1, -0.05) is 29.8 Å². The summed E-state index contributed by atoms with van der Waals surface area (Å²) in [6.45, 7) is 4.20. The second-order valence-electron chi connectivity index (χ2n) is 6.46. The molecule has 1 amide bonds. The first kappa shape index (κ1) is 15.8. The monoisotopic (exact) mass is 322 g/mol. The standard InChI is InChI=1S/C17H23ClN2O2/c1-22-11-14-16(21)19-12-17(14)6-8-20(9-7-17)10-13-4-2-3-5-15(13)18/h2-5,14H,6-12H2,1H3,(H,19,21). The van der Waals surface area contributed by atoms with Crippen LogP contribution in [0.5, 0.6) is 0 Å². The van der Waals surface area contributed by atoms with Crippen LogP contribution in [0.3, 0.4) is 0 Å². The lowest BCUT2D eigenvalue weighted by molar-refractivity contribution is -0.126. The van der Waals surface area contributed by atoms with Crippen molar-refractivity contribution in [3.8, 4) is 0 Å². The van der Waals surface area contributed by atoms with Gasteiger partial charge in [0.2, 0.25) is 5.91 Å². The molecule has 120 valence electrons. The molecule has 1 unspecified atom stereocenters. The number of ether oxygens (including phenoxy) is 1. The van der Waals surface area contributed by atoms with E-state index < -0.39 is 0 Å². The van der Waals surface area contributed by atoms with Gasteiger partial charge in [-0.15, -0.1) is 0 Å². The molecule has 22 heavy (non-hydrogen) atoms. The third kappa shape index (κ3) is 3.00. The number of hydrogen-bond acceptors (Lipinski definition) is 3. The highest BCUT2D eigenvalue weighted by molar-refractivity contribution is 6.31. The topological polar surface area (TPSA) is 41.6 Å². The van der Waals surface area contributed by atoms with Crippen molar-refractivity contribution in [3.05, 3.63) is 34.9 Å². The normalized spacial score (nSPS) is 24.6. The minimum absolute atomic E-state index is 0.0000340. The Kier molecular flexibility index (Phi) is 4.71. The molecule has 5 heteroatoms. The Balaban J connectivity index is 1.63. The van der Waals surface area contributed by atoms with Gasteiger partial charge in [-0.25, -0.2) is 0 Å². The Labute approximate surface area is 136 Å². The highest BCUT2D eigenvalue weighted by atomic mass is 35.5. The zero-order chi connectivity index (χ0) is 15.6. The molecule has 0 bridgehead atoms. The largest absolute Gasteiger partial charge is 0.384 e. The van der Waals surface area contributed by atoms with E-state index in [1.165, 1.54) is 5.56 Å². The van der Waals surface area contributed by atoms with Crippen LogP contribution in [0.2, 0.25) is 5.02 Å². The van der Waals surface area contributed by atoms with Crippen LogP contribution in [0.15, 0.2) is 24.3 Å². The summed E-state index contributed by atoms with van der Waals surface area (Å²) in [5.74, 6) is 0.154. The molecule has 3 rings (SSSR count). The van der Waals surface area contributed by atoms with E-state index in [4.69, 9.17) is 16.3 Å². The van der Waals surface area contributed by atoms with Crippen LogP contribution in [0.4, 0.5) is 0 Å². The lowest BCUT2D eigenvalue weighted by Gasteiger charge is -2.41. The van der Waals surface area contributed by atoms with Crippen molar-refractivity contribution in [1.82, 2.24) is 10.2 Å². The number of piperidine rings is 1. The molecule has 2 heterocycles. The summed E-state index contributed by atoms with van der Waals surface area (Å²) < 4.78 is 5.27. The number of amides is 1. The van der Waals surface area contributed by atoms with Crippen LogP contribution in [-0.2, 0) is 16.1 Å². The third-order valence-electron chi connectivity index (χ3n) is 5.21. The molecule has 1 spiro atoms. The summed E-state index contributed by atoms with van der Waals surface area (Å²) in [5, 5.41) is 3.86. The van der Waals surface area contributed by atoms with Crippen molar-refractivity contribution in [1.29, 1.82) is 0 Å². The number of benzene rings is 1. The van der Waals surface area contributed by atoms with Crippen molar-refractivity contribution in [2.75, 3.05) is 33.4 Å². The van der Waals surface area contributed by atoms with Gasteiger partial charge in [-0.05, 0) is 37.6 Å². The number of likely N-dealkylation sites (tertiary alicyclic amines) is 1. The maximum absolute atomic E-state index is 12.0. The number of carbonyl (C=O) groups excluding carboxylic acids is 1. The zero-order valence-corrected chi connectivity index (χ0v) is 13.7. The molecule has 1 aromatic rings. The maximum atomic E-state index is 12.0. The van der Waals surface area contributed by atoms with Crippen LogP contribution in [0.25, 0.3) is 0 Å². The molecule has 0 aliphatic carbocycles. The number of nitrogens with zero attached hydrogens (tertiary/aromatic N) is 1. The molecule has 1 N–H and O–H groups in total. The van der Waals surface area contributed by atoms with Crippen molar-refractivity contribution < 1.29 is 9.53 Å². The van der Waals surface area contributed by atoms with Gasteiger partial charge < -0.3 is 10.1 Å². The zero-order valence-electron chi connectivity index (χ0n) is 13.0. The Morgan fingerprint density at radius 3 is 2.77 bits per heavy atom. The lowest BCUT2D eigenvalue weighted by atomic mass is 9.71. The van der Waals surface area contributed by atoms with E-state index in [0.29, 0.717) is 6.61 Å². The molecule has 2 saturated heterocycles. The van der Waals surface area contributed by atoms with E-state index >= 15 is 0 Å². The summed E-state index contributed by atoms with van der Waals surface area (Å²) in [6.07, 6.45) is 2.06. The van der Waals surface area contributed by atoms with E-state index in [2.05, 4.69) is 16.3 Å². The Morgan fingerprint density at radius 2 is 2.09 bits per heavy atom. The summed E-state index contributed by atoms with van der Waals surface area (Å²) in [4.78, 5) is 14.5. The number of carbonyl (C=O) groups is 1. The summed E-state index contributed by atoms with van der Waals surface area (Å²) >= 11 is 6.25. The van der Waals surface area contributed by atoms with Crippen molar-refractivity contribution >= 4 is 17.5 Å². The second-order valence-corrected chi connectivity index (χ2v) is 6.86. The predicted molar refractivity (Wildman–Crippen MR) is 86.8 cm³/mol. The molecular formula is C17H23ClN2O2. The molecule has 0 saturated carbocycles. The van der Waals surface area contributed by atoms with Gasteiger partial charge in [0.15, 0.2) is 0 Å². The number of rotatable bonds is 4. The van der Waals surface area contributed by atoms with E-state index in [1.54, 1.807) is 7.11 Å². The number of halogens is 1. The molecule has 0 radical (unpaired) electrons. The van der Waals surface area contributed by atoms with Gasteiger partial charge in [-0.2, -0.15) is 0 Å². The number of nitrogens with one attached hydrogen (secondary N) is 1. The third-order valence-corrected chi connectivity index (χ3v) is 5.58. The molecule has 4 nitrogen and oxygen atoms in total. The Bertz CT molecular complexity index is 541. The van der Waals surface area contributed by atoms with Gasteiger partial charge in [0, 0.05) is 30.6 Å². The average molecular weight is 323 g/mol. The van der Waals surface area contributed by atoms with E-state index in [-0.39, 0.29) is 17.2 Å². The number of methoxy groups -OCH3 is 1. The fraction of sp³-hybridized carbons (Fsp3) is 0.588. The van der Waals surface area contributed by atoms with Crippen LogP contribution in [0, 0.1) is 11.3 Å². The van der Waals surface area contributed by atoms with Gasteiger partial charge in [0.25, 0.3) is 0 Å². The molecule has 2 fully saturated rings. The van der Waals surface area contributed by atoms with Crippen molar-refractivity contribution in [2.24, 2.45) is 11.3 Å². The molecule has 2 aliphatic heterocycles. The molecule has 1 atom stereocenters. The predicted octanol–water partition coefficient (Wildman–Crippen LogP) is 2.31. The second kappa shape index (κ2) is 6.57. The lowest BCUT2D eigenvalue weighted by Crippen LogP contribution is -2.45. The fourth-order valence-electron chi connectivity index (χ4n) is 3.76. The molecule has 0 aromatic heterocycles. The summed E-state index contributed by atoms with van der Waals surface area (Å²) in [5.41, 5.74) is 1.25. The summed E-state index contributed by atoms with van der Waals surface area (Å²) in [7, 11) is 1.67. The van der Waals surface area contributed by atoms with Crippen LogP contribution in [-0.4, -0.2) is 44.2 Å². The first-order valence-corrected chi connectivity index (χ1v) is 8.25. The first-order chi connectivity index (χ1) is 10.6. The highest BCUT2D eigenvalue weighted by Gasteiger charge is 2.49. The van der Waals surface area contributed by atoms with E-state index in [0.717, 1.165) is 44.0 Å². The van der Waals surface area contributed by atoms with Gasteiger partial charge >= 0.3 is 0 Å². The fourth-order valence-corrected chi connectivity index (χ4v) is 3.95.